The number of carbonyl (C=O) groups is 4. The van der Waals surface area contributed by atoms with Gasteiger partial charge in [-0.25, -0.2) is 43.1 Å². The summed E-state index contributed by atoms with van der Waals surface area (Å²) in [4.78, 5) is 73.0. The van der Waals surface area contributed by atoms with Crippen LogP contribution in [-0.4, -0.2) is 117 Å². The molecule has 6 heterocycles. The summed E-state index contributed by atoms with van der Waals surface area (Å²) >= 11 is 0. The maximum absolute atomic E-state index is 14.2. The molecule has 24 heteroatoms. The minimum atomic E-state index is -4.54. The number of aryl methyl sites for hydroxylation is 1. The van der Waals surface area contributed by atoms with E-state index in [1.54, 1.807) is 53.7 Å². The van der Waals surface area contributed by atoms with E-state index in [-0.39, 0.29) is 51.1 Å². The van der Waals surface area contributed by atoms with Crippen LogP contribution in [0.1, 0.15) is 90.5 Å². The molecule has 2 aliphatic heterocycles. The van der Waals surface area contributed by atoms with Gasteiger partial charge in [0.1, 0.15) is 59.2 Å². The number of ether oxygens (including phenoxy) is 2. The number of rotatable bonds is 8. The standard InChI is InChI=1S/C23H26F4N4O3.C11H9F3N4.C10H16FNO4/c1-21(2,3)34-20(33)31-12-15(24)10-22(31,4)19(32)8-6-16-9-17(30-13-29-16)14-5-7-18(28-11-14)23(25,26)27;12-11(13,14)10-2-1-7(5-16-10)9-3-8(4-15)17-6-18-9;1-10(2,3)16-9(15)12-5-6(11)4-7(12)8(13)14/h5,7,9,11,13,15H,6,8,10,12H2,1-4H3;1-3,5-6H,4,15H2;6-7H,4-5H2,1-3H3,(H,13,14)/t15-,22+;;6-,7+/m1.1/s1. The molecule has 6 rings (SSSR count). The third-order valence-electron chi connectivity index (χ3n) is 9.94. The number of aromatic nitrogens is 6. The molecule has 0 radical (unpaired) electrons. The number of aliphatic carboxylic acids is 1. The zero-order chi connectivity index (χ0) is 51.0. The topological polar surface area (TPSA) is 217 Å². The predicted octanol–water partition coefficient (Wildman–Crippen LogP) is 8.23. The van der Waals surface area contributed by atoms with Gasteiger partial charge in [-0.05, 0) is 91.3 Å². The second kappa shape index (κ2) is 21.7. The monoisotopic (exact) mass is 969 g/mol. The van der Waals surface area contributed by atoms with Gasteiger partial charge in [-0.15, -0.1) is 0 Å². The van der Waals surface area contributed by atoms with E-state index in [2.05, 4.69) is 29.9 Å². The number of hydrogen-bond acceptors (Lipinski definition) is 13. The molecular formula is C44H51F8N9O7. The molecule has 2 amide bonds. The van der Waals surface area contributed by atoms with E-state index in [4.69, 9.17) is 20.3 Å². The highest BCUT2D eigenvalue weighted by Gasteiger charge is 2.51. The first-order valence-electron chi connectivity index (χ1n) is 20.8. The van der Waals surface area contributed by atoms with Crippen LogP contribution >= 0.6 is 0 Å². The Balaban J connectivity index is 0.000000248. The number of hydrogen-bond donors (Lipinski definition) is 2. The van der Waals surface area contributed by atoms with Crippen molar-refractivity contribution in [2.45, 2.75) is 128 Å². The summed E-state index contributed by atoms with van der Waals surface area (Å²) in [5.74, 6) is -1.54. The van der Waals surface area contributed by atoms with Crippen LogP contribution in [0.25, 0.3) is 22.5 Å². The summed E-state index contributed by atoms with van der Waals surface area (Å²) in [6.07, 6.45) is -8.54. The van der Waals surface area contributed by atoms with E-state index in [0.29, 0.717) is 33.9 Å². The van der Waals surface area contributed by atoms with Crippen molar-refractivity contribution in [3.63, 3.8) is 0 Å². The van der Waals surface area contributed by atoms with Crippen molar-refractivity contribution in [1.82, 2.24) is 39.7 Å². The first-order chi connectivity index (χ1) is 31.4. The van der Waals surface area contributed by atoms with Crippen molar-refractivity contribution in [3.8, 4) is 22.5 Å². The third-order valence-corrected chi connectivity index (χ3v) is 9.94. The van der Waals surface area contributed by atoms with Gasteiger partial charge in [-0.3, -0.25) is 24.6 Å². The van der Waals surface area contributed by atoms with E-state index in [9.17, 15) is 54.3 Å². The fourth-order valence-corrected chi connectivity index (χ4v) is 6.70. The number of amides is 2. The Hall–Kier alpha value is -6.46. The largest absolute Gasteiger partial charge is 0.480 e. The zero-order valence-corrected chi connectivity index (χ0v) is 38.0. The summed E-state index contributed by atoms with van der Waals surface area (Å²) in [6.45, 7) is 11.4. The van der Waals surface area contributed by atoms with Crippen LogP contribution < -0.4 is 5.73 Å². The Bertz CT molecular complexity index is 2380. The molecule has 16 nitrogen and oxygen atoms in total. The second-order valence-electron chi connectivity index (χ2n) is 17.8. The number of carboxylic acids is 1. The number of pyridine rings is 2. The third kappa shape index (κ3) is 15.3. The van der Waals surface area contributed by atoms with Crippen molar-refractivity contribution in [2.24, 2.45) is 5.73 Å². The Labute approximate surface area is 385 Å². The van der Waals surface area contributed by atoms with Crippen molar-refractivity contribution in [2.75, 3.05) is 13.1 Å². The van der Waals surface area contributed by atoms with Crippen LogP contribution in [0.5, 0.6) is 0 Å². The summed E-state index contributed by atoms with van der Waals surface area (Å²) < 4.78 is 113. The molecule has 68 heavy (non-hydrogen) atoms. The van der Waals surface area contributed by atoms with E-state index < -0.39 is 77.0 Å². The Kier molecular flexibility index (Phi) is 17.2. The molecule has 4 aromatic heterocycles. The molecule has 370 valence electrons. The fourth-order valence-electron chi connectivity index (χ4n) is 6.70. The van der Waals surface area contributed by atoms with E-state index in [0.717, 1.165) is 34.3 Å². The summed E-state index contributed by atoms with van der Waals surface area (Å²) in [6, 6.07) is 6.40. The van der Waals surface area contributed by atoms with Gasteiger partial charge >= 0.3 is 30.5 Å². The van der Waals surface area contributed by atoms with E-state index >= 15 is 0 Å². The number of nitrogens with two attached hydrogens (primary N) is 1. The normalized spacial score (nSPS) is 19.6. The van der Waals surface area contributed by atoms with Crippen LogP contribution in [-0.2, 0) is 44.4 Å². The fraction of sp³-hybridized carbons (Fsp3) is 0.500. The van der Waals surface area contributed by atoms with Gasteiger partial charge < -0.3 is 20.3 Å². The van der Waals surface area contributed by atoms with Crippen LogP contribution in [0.4, 0.5) is 44.7 Å². The number of nitrogens with zero attached hydrogens (tertiary/aromatic N) is 8. The molecule has 0 unspecified atom stereocenters. The van der Waals surface area contributed by atoms with Crippen molar-refractivity contribution in [3.05, 3.63) is 84.2 Å². The molecule has 4 atom stereocenters. The van der Waals surface area contributed by atoms with Crippen LogP contribution in [0.3, 0.4) is 0 Å². The van der Waals surface area contributed by atoms with Crippen LogP contribution in [0.2, 0.25) is 0 Å². The smallest absolute Gasteiger partial charge is 0.433 e. The highest BCUT2D eigenvalue weighted by molar-refractivity contribution is 5.92. The van der Waals surface area contributed by atoms with Crippen molar-refractivity contribution < 1.29 is 68.9 Å². The minimum Gasteiger partial charge on any atom is -0.480 e. The SMILES string of the molecule is CC(C)(C)OC(=O)N1C[C@H](F)C[C@@]1(C)C(=O)CCc1cc(-c2ccc(C(F)(F)F)nc2)ncn1.CC(C)(C)OC(=O)N1C[C@H](F)C[C@H]1C(=O)O.NCc1cc(-c2ccc(C(F)(F)F)nc2)ncn1. The lowest BCUT2D eigenvalue weighted by molar-refractivity contribution is -0.142. The van der Waals surface area contributed by atoms with Gasteiger partial charge in [-0.1, -0.05) is 0 Å². The molecule has 2 aliphatic rings. The number of halogens is 8. The molecule has 2 fully saturated rings. The molecule has 2 saturated heterocycles. The number of carbonyl (C=O) groups excluding carboxylic acids is 3. The lowest BCUT2D eigenvalue weighted by Crippen LogP contribution is -2.52. The Morgan fingerprint density at radius 3 is 1.65 bits per heavy atom. The number of Topliss-reactive ketones (excluding diaryl/α,β-unsaturated/α-hetero) is 1. The van der Waals surface area contributed by atoms with Gasteiger partial charge in [0.25, 0.3) is 0 Å². The number of likely N-dealkylation sites (tertiary alicyclic amines) is 2. The lowest BCUT2D eigenvalue weighted by atomic mass is 9.89. The maximum Gasteiger partial charge on any atom is 0.433 e. The Morgan fingerprint density at radius 2 is 1.21 bits per heavy atom. The van der Waals surface area contributed by atoms with Gasteiger partial charge in [0.2, 0.25) is 0 Å². The summed E-state index contributed by atoms with van der Waals surface area (Å²) in [5, 5.41) is 8.83. The molecule has 0 bridgehead atoms. The first-order valence-corrected chi connectivity index (χ1v) is 20.8. The summed E-state index contributed by atoms with van der Waals surface area (Å²) in [5.41, 5.74) is 3.40. The van der Waals surface area contributed by atoms with Gasteiger partial charge in [0.15, 0.2) is 5.78 Å². The molecule has 0 saturated carbocycles. The average Bonchev–Trinajstić information content (AvgIpc) is 3.81. The molecule has 3 N–H and O–H groups in total. The highest BCUT2D eigenvalue weighted by atomic mass is 19.4. The molecule has 0 spiro atoms. The molecule has 0 aromatic carbocycles. The Morgan fingerprint density at radius 1 is 0.721 bits per heavy atom. The van der Waals surface area contributed by atoms with Gasteiger partial charge in [0, 0.05) is 55.0 Å². The maximum atomic E-state index is 14.2. The van der Waals surface area contributed by atoms with Gasteiger partial charge in [0.05, 0.1) is 30.2 Å². The quantitative estimate of drug-likeness (QED) is 0.159. The van der Waals surface area contributed by atoms with Crippen LogP contribution in [0.15, 0.2) is 61.4 Å². The average molecular weight is 970 g/mol. The van der Waals surface area contributed by atoms with E-state index in [1.165, 1.54) is 31.7 Å². The summed E-state index contributed by atoms with van der Waals surface area (Å²) in [7, 11) is 0. The van der Waals surface area contributed by atoms with Crippen LogP contribution in [0, 0.1) is 0 Å². The first kappa shape index (κ1) is 54.1. The van der Waals surface area contributed by atoms with Gasteiger partial charge in [-0.2, -0.15) is 26.3 Å². The lowest BCUT2D eigenvalue weighted by Gasteiger charge is -2.34. The number of alkyl halides is 8. The van der Waals surface area contributed by atoms with Crippen molar-refractivity contribution >= 4 is 23.9 Å². The minimum absolute atomic E-state index is 0.0236. The predicted molar refractivity (Wildman–Crippen MR) is 226 cm³/mol. The molecule has 0 aliphatic carbocycles. The second-order valence-corrected chi connectivity index (χ2v) is 17.8. The molecule has 4 aromatic rings. The molecular weight excluding hydrogens is 919 g/mol. The van der Waals surface area contributed by atoms with E-state index in [1.807, 2.05) is 0 Å². The zero-order valence-electron chi connectivity index (χ0n) is 38.0. The number of ketones is 1. The highest BCUT2D eigenvalue weighted by Crippen LogP contribution is 2.35. The van der Waals surface area contributed by atoms with Crippen molar-refractivity contribution in [1.29, 1.82) is 0 Å². The number of carboxylic acid groups (broad SMARTS) is 1.